The minimum Gasteiger partial charge on any atom is -0.462 e. The van der Waals surface area contributed by atoms with Crippen LogP contribution >= 0.6 is 0 Å². The van der Waals surface area contributed by atoms with E-state index in [1.165, 1.54) is 141 Å². The molecular formula is C49H90O10. The molecule has 2 unspecified atom stereocenters. The van der Waals surface area contributed by atoms with Gasteiger partial charge in [0.15, 0.2) is 12.4 Å². The van der Waals surface area contributed by atoms with Crippen molar-refractivity contribution >= 4 is 11.9 Å². The number of carbonyl (C=O) groups excluding carboxylic acids is 2. The van der Waals surface area contributed by atoms with Crippen molar-refractivity contribution in [2.24, 2.45) is 0 Å². The van der Waals surface area contributed by atoms with E-state index in [9.17, 15) is 30.0 Å². The molecule has 0 aliphatic carbocycles. The molecule has 346 valence electrons. The van der Waals surface area contributed by atoms with Crippen molar-refractivity contribution in [1.29, 1.82) is 0 Å². The van der Waals surface area contributed by atoms with E-state index >= 15 is 0 Å². The fourth-order valence-electron chi connectivity index (χ4n) is 7.40. The zero-order valence-corrected chi connectivity index (χ0v) is 37.8. The van der Waals surface area contributed by atoms with Gasteiger partial charge in [0.05, 0.1) is 13.2 Å². The first-order valence-corrected chi connectivity index (χ1v) is 24.4. The number of rotatable bonds is 41. The smallest absolute Gasteiger partial charge is 0.306 e. The molecule has 0 spiro atoms. The van der Waals surface area contributed by atoms with Crippen LogP contribution in [0.2, 0.25) is 0 Å². The van der Waals surface area contributed by atoms with Crippen LogP contribution in [0.4, 0.5) is 0 Å². The predicted octanol–water partition coefficient (Wildman–Crippen LogP) is 10.9. The molecule has 4 N–H and O–H groups in total. The Hall–Kier alpha value is -1.82. The predicted molar refractivity (Wildman–Crippen MR) is 238 cm³/mol. The van der Waals surface area contributed by atoms with Crippen LogP contribution in [-0.2, 0) is 28.5 Å². The highest BCUT2D eigenvalue weighted by Gasteiger charge is 2.44. The van der Waals surface area contributed by atoms with Gasteiger partial charge in [-0.3, -0.25) is 9.59 Å². The first kappa shape index (κ1) is 55.2. The molecule has 1 rings (SSSR count). The first-order valence-electron chi connectivity index (χ1n) is 24.4. The second-order valence-corrected chi connectivity index (χ2v) is 16.9. The Labute approximate surface area is 360 Å². The van der Waals surface area contributed by atoms with Crippen LogP contribution in [0.15, 0.2) is 24.3 Å². The van der Waals surface area contributed by atoms with Gasteiger partial charge in [0.1, 0.15) is 31.0 Å². The lowest BCUT2D eigenvalue weighted by Crippen LogP contribution is -2.59. The molecule has 1 aliphatic rings. The Morgan fingerprint density at radius 3 is 1.37 bits per heavy atom. The molecule has 0 bridgehead atoms. The second kappa shape index (κ2) is 40.3. The quantitative estimate of drug-likeness (QED) is 0.0266. The second-order valence-electron chi connectivity index (χ2n) is 16.9. The lowest BCUT2D eigenvalue weighted by molar-refractivity contribution is -0.305. The summed E-state index contributed by atoms with van der Waals surface area (Å²) in [6, 6.07) is 0. The number of allylic oxidation sites excluding steroid dienone is 4. The Balaban J connectivity index is 2.28. The molecule has 0 aromatic heterocycles. The van der Waals surface area contributed by atoms with Crippen LogP contribution < -0.4 is 0 Å². The van der Waals surface area contributed by atoms with Crippen LogP contribution in [0.25, 0.3) is 0 Å². The molecule has 1 saturated heterocycles. The Kier molecular flexibility index (Phi) is 37.7. The summed E-state index contributed by atoms with van der Waals surface area (Å²) in [5.74, 6) is -0.804. The summed E-state index contributed by atoms with van der Waals surface area (Å²) in [6.45, 7) is 3.41. The molecule has 1 fully saturated rings. The van der Waals surface area contributed by atoms with Gasteiger partial charge in [-0.05, 0) is 57.8 Å². The molecule has 0 aromatic rings. The van der Waals surface area contributed by atoms with Crippen LogP contribution in [0.1, 0.15) is 219 Å². The van der Waals surface area contributed by atoms with Gasteiger partial charge >= 0.3 is 11.9 Å². The van der Waals surface area contributed by atoms with E-state index in [0.29, 0.717) is 6.42 Å². The first-order chi connectivity index (χ1) is 28.8. The molecule has 0 aromatic carbocycles. The number of hydrogen-bond donors (Lipinski definition) is 4. The van der Waals surface area contributed by atoms with Gasteiger partial charge in [-0.25, -0.2) is 0 Å². The third-order valence-electron chi connectivity index (χ3n) is 11.3. The number of esters is 2. The highest BCUT2D eigenvalue weighted by atomic mass is 16.7. The zero-order chi connectivity index (χ0) is 43.0. The minimum atomic E-state index is -1.59. The zero-order valence-electron chi connectivity index (χ0n) is 37.8. The van der Waals surface area contributed by atoms with E-state index in [4.69, 9.17) is 18.9 Å². The largest absolute Gasteiger partial charge is 0.462 e. The molecule has 10 heteroatoms. The van der Waals surface area contributed by atoms with Crippen molar-refractivity contribution in [1.82, 2.24) is 0 Å². The normalized spacial score (nSPS) is 20.1. The number of unbranched alkanes of at least 4 members (excludes halogenated alkanes) is 26. The number of hydrogen-bond acceptors (Lipinski definition) is 10. The summed E-state index contributed by atoms with van der Waals surface area (Å²) in [5, 5.41) is 40.1. The van der Waals surface area contributed by atoms with Crippen LogP contribution in [-0.4, -0.2) is 89.0 Å². The Morgan fingerprint density at radius 2 is 0.915 bits per heavy atom. The van der Waals surface area contributed by atoms with Crippen molar-refractivity contribution in [3.63, 3.8) is 0 Å². The van der Waals surface area contributed by atoms with E-state index in [1.807, 2.05) is 0 Å². The average Bonchev–Trinajstić information content (AvgIpc) is 3.23. The maximum atomic E-state index is 12.8. The molecule has 0 amide bonds. The number of ether oxygens (including phenoxy) is 4. The van der Waals surface area contributed by atoms with E-state index in [0.717, 1.165) is 44.9 Å². The summed E-state index contributed by atoms with van der Waals surface area (Å²) in [7, 11) is 0. The average molecular weight is 839 g/mol. The van der Waals surface area contributed by atoms with Gasteiger partial charge in [-0.1, -0.05) is 173 Å². The fraction of sp³-hybridized carbons (Fsp3) is 0.878. The SMILES string of the molecule is CCCC/C=C/CCCCCCCCCCCC(=O)OC[C@H](CO[C@@H]1O[C@H](CO)[C@H](O)C(O)C1O)OC(=O)CCCCCCCCCCC/C=C/CCCCCCCC. The minimum absolute atomic E-state index is 0.216. The summed E-state index contributed by atoms with van der Waals surface area (Å²) in [4.78, 5) is 25.4. The highest BCUT2D eigenvalue weighted by molar-refractivity contribution is 5.70. The third kappa shape index (κ3) is 31.7. The summed E-state index contributed by atoms with van der Waals surface area (Å²) in [6.07, 6.45) is 37.5. The van der Waals surface area contributed by atoms with Crippen molar-refractivity contribution in [3.8, 4) is 0 Å². The standard InChI is InChI=1S/C49H90O10/c1-3-5-7-9-11-13-15-17-19-20-21-22-24-26-28-30-32-34-36-38-45(52)58-42(41-57-49-48(55)47(54)46(53)43(39-50)59-49)40-56-44(51)37-35-33-31-29-27-25-23-18-16-14-12-10-8-6-4-2/h10,12,17,19,42-43,46-50,53-55H,3-9,11,13-16,18,20-41H2,1-2H3/b12-10+,19-17+/t42-,43-,46+,47?,48?,49-/m1/s1. The summed E-state index contributed by atoms with van der Waals surface area (Å²) < 4.78 is 22.2. The molecule has 0 saturated carbocycles. The van der Waals surface area contributed by atoms with Gasteiger partial charge in [-0.2, -0.15) is 0 Å². The van der Waals surface area contributed by atoms with Crippen LogP contribution in [0.3, 0.4) is 0 Å². The third-order valence-corrected chi connectivity index (χ3v) is 11.3. The van der Waals surface area contributed by atoms with Crippen molar-refractivity contribution in [2.75, 3.05) is 19.8 Å². The van der Waals surface area contributed by atoms with E-state index < -0.39 is 49.4 Å². The molecule has 10 nitrogen and oxygen atoms in total. The number of aliphatic hydroxyl groups excluding tert-OH is 4. The number of carbonyl (C=O) groups is 2. The molecule has 0 radical (unpaired) electrons. The van der Waals surface area contributed by atoms with Crippen molar-refractivity contribution < 1.29 is 49.0 Å². The van der Waals surface area contributed by atoms with Crippen LogP contribution in [0.5, 0.6) is 0 Å². The maximum absolute atomic E-state index is 12.8. The lowest BCUT2D eigenvalue weighted by atomic mass is 9.99. The van der Waals surface area contributed by atoms with Gasteiger partial charge in [0.2, 0.25) is 0 Å². The lowest BCUT2D eigenvalue weighted by Gasteiger charge is -2.39. The van der Waals surface area contributed by atoms with Gasteiger partial charge in [0.25, 0.3) is 0 Å². The van der Waals surface area contributed by atoms with Crippen LogP contribution in [0, 0.1) is 0 Å². The highest BCUT2D eigenvalue weighted by Crippen LogP contribution is 2.23. The van der Waals surface area contributed by atoms with Crippen molar-refractivity contribution in [3.05, 3.63) is 24.3 Å². The molecule has 1 aliphatic heterocycles. The van der Waals surface area contributed by atoms with Gasteiger partial charge in [0, 0.05) is 12.8 Å². The summed E-state index contributed by atoms with van der Waals surface area (Å²) in [5.41, 5.74) is 0. The number of aliphatic hydroxyl groups is 4. The van der Waals surface area contributed by atoms with E-state index in [1.54, 1.807) is 0 Å². The topological polar surface area (TPSA) is 152 Å². The molecule has 1 heterocycles. The molecule has 6 atom stereocenters. The van der Waals surface area contributed by atoms with Crippen molar-refractivity contribution in [2.45, 2.75) is 256 Å². The van der Waals surface area contributed by atoms with E-state index in [-0.39, 0.29) is 32.0 Å². The summed E-state index contributed by atoms with van der Waals surface area (Å²) >= 11 is 0. The molecule has 59 heavy (non-hydrogen) atoms. The maximum Gasteiger partial charge on any atom is 0.306 e. The Morgan fingerprint density at radius 1 is 0.508 bits per heavy atom. The van der Waals surface area contributed by atoms with E-state index in [2.05, 4.69) is 38.2 Å². The molecular weight excluding hydrogens is 749 g/mol. The van der Waals surface area contributed by atoms with Gasteiger partial charge in [-0.15, -0.1) is 0 Å². The van der Waals surface area contributed by atoms with Gasteiger partial charge < -0.3 is 39.4 Å². The Bertz CT molecular complexity index is 1020. The monoisotopic (exact) mass is 839 g/mol. The fourth-order valence-corrected chi connectivity index (χ4v) is 7.40.